The summed E-state index contributed by atoms with van der Waals surface area (Å²) in [7, 11) is 0. The summed E-state index contributed by atoms with van der Waals surface area (Å²) in [6.45, 7) is 3.44. The first-order chi connectivity index (χ1) is 2.91. The highest BCUT2D eigenvalue weighted by atomic mass is 32.2. The highest BCUT2D eigenvalue weighted by molar-refractivity contribution is 7.99. The van der Waals surface area contributed by atoms with Crippen molar-refractivity contribution in [3.8, 4) is 0 Å². The average molecular weight is 101 g/mol. The molecule has 0 aromatic carbocycles. The lowest BCUT2D eigenvalue weighted by Gasteiger charge is -1.68. The summed E-state index contributed by atoms with van der Waals surface area (Å²) in [4.78, 5) is 0. The van der Waals surface area contributed by atoms with Crippen LogP contribution in [-0.4, -0.2) is 0 Å². The Kier molecular flexibility index (Phi) is 4.62. The maximum atomic E-state index is 5.00. The Bertz CT molecular complexity index is 58.6. The Balaban J connectivity index is 2.94. The van der Waals surface area contributed by atoms with Gasteiger partial charge in [0.1, 0.15) is 0 Å². The van der Waals surface area contributed by atoms with Crippen LogP contribution in [0.15, 0.2) is 24.1 Å². The molecule has 6 heavy (non-hydrogen) atoms. The molecule has 0 spiro atoms. The first kappa shape index (κ1) is 5.79. The lowest BCUT2D eigenvalue weighted by molar-refractivity contribution is 2.02. The molecule has 0 bridgehead atoms. The molecule has 0 rings (SSSR count). The van der Waals surface area contributed by atoms with Gasteiger partial charge in [0.05, 0.1) is 0 Å². The molecule has 0 aliphatic carbocycles. The van der Waals surface area contributed by atoms with Crippen LogP contribution >= 0.6 is 11.9 Å². The lowest BCUT2D eigenvalue weighted by atomic mass is 10.6. The van der Waals surface area contributed by atoms with E-state index in [1.165, 1.54) is 11.9 Å². The first-order valence-electron chi connectivity index (χ1n) is 1.55. The van der Waals surface area contributed by atoms with Crippen molar-refractivity contribution in [1.82, 2.24) is 0 Å². The van der Waals surface area contributed by atoms with Crippen LogP contribution < -0.4 is 5.14 Å². The summed E-state index contributed by atoms with van der Waals surface area (Å²) in [6, 6.07) is 0. The Morgan fingerprint density at radius 3 is 2.50 bits per heavy atom. The largest absolute Gasteiger partial charge is 0.274 e. The SMILES string of the molecule is C=C/C=C\SN. The van der Waals surface area contributed by atoms with Crippen molar-refractivity contribution in [1.29, 1.82) is 0 Å². The van der Waals surface area contributed by atoms with Gasteiger partial charge in [-0.1, -0.05) is 30.7 Å². The van der Waals surface area contributed by atoms with Crippen molar-refractivity contribution in [2.75, 3.05) is 0 Å². The molecule has 0 fully saturated rings. The molecule has 0 atom stereocenters. The molecule has 2 heteroatoms. The van der Waals surface area contributed by atoms with Crippen LogP contribution in [0.25, 0.3) is 0 Å². The second-order valence-corrected chi connectivity index (χ2v) is 1.24. The van der Waals surface area contributed by atoms with Gasteiger partial charge in [0.15, 0.2) is 0 Å². The molecular formula is C4H7NS. The highest BCUT2D eigenvalue weighted by Crippen LogP contribution is 1.85. The summed E-state index contributed by atoms with van der Waals surface area (Å²) in [5.41, 5.74) is 0. The standard InChI is InChI=1S/C4H7NS/c1-2-3-4-6-5/h2-4H,1,5H2/b4-3-. The molecular weight excluding hydrogens is 94.1 g/mol. The van der Waals surface area contributed by atoms with Gasteiger partial charge in [0.25, 0.3) is 0 Å². The molecule has 0 saturated carbocycles. The predicted octanol–water partition coefficient (Wildman–Crippen LogP) is 1.29. The second kappa shape index (κ2) is 4.79. The van der Waals surface area contributed by atoms with E-state index in [9.17, 15) is 0 Å². The van der Waals surface area contributed by atoms with Gasteiger partial charge in [-0.05, 0) is 5.41 Å². The minimum absolute atomic E-state index is 1.17. The zero-order valence-electron chi connectivity index (χ0n) is 3.42. The van der Waals surface area contributed by atoms with Gasteiger partial charge in [-0.3, -0.25) is 5.14 Å². The summed E-state index contributed by atoms with van der Waals surface area (Å²) in [5.74, 6) is 0. The molecule has 0 saturated heterocycles. The maximum absolute atomic E-state index is 5.00. The third-order valence-electron chi connectivity index (χ3n) is 0.293. The number of hydrogen-bond acceptors (Lipinski definition) is 2. The summed E-state index contributed by atoms with van der Waals surface area (Å²) < 4.78 is 0. The van der Waals surface area contributed by atoms with E-state index in [-0.39, 0.29) is 0 Å². The van der Waals surface area contributed by atoms with Crippen molar-refractivity contribution < 1.29 is 0 Å². The number of allylic oxidation sites excluding steroid dienone is 2. The van der Waals surface area contributed by atoms with E-state index >= 15 is 0 Å². The number of hydrogen-bond donors (Lipinski definition) is 1. The molecule has 1 nitrogen and oxygen atoms in total. The Morgan fingerprint density at radius 2 is 2.33 bits per heavy atom. The third-order valence-corrected chi connectivity index (χ3v) is 0.607. The summed E-state index contributed by atoms with van der Waals surface area (Å²) in [6.07, 6.45) is 3.46. The number of rotatable bonds is 2. The molecule has 0 aromatic heterocycles. The minimum Gasteiger partial charge on any atom is -0.274 e. The van der Waals surface area contributed by atoms with E-state index in [0.717, 1.165) is 0 Å². The molecule has 34 valence electrons. The van der Waals surface area contributed by atoms with E-state index in [2.05, 4.69) is 6.58 Å². The topological polar surface area (TPSA) is 26.0 Å². The van der Waals surface area contributed by atoms with Gasteiger partial charge in [0.2, 0.25) is 0 Å². The quantitative estimate of drug-likeness (QED) is 0.419. The van der Waals surface area contributed by atoms with E-state index in [0.29, 0.717) is 0 Å². The molecule has 0 aromatic rings. The Labute approximate surface area is 42.1 Å². The molecule has 0 radical (unpaired) electrons. The first-order valence-corrected chi connectivity index (χ1v) is 2.49. The van der Waals surface area contributed by atoms with Gasteiger partial charge in [-0.25, -0.2) is 0 Å². The molecule has 0 aliphatic rings. The van der Waals surface area contributed by atoms with Crippen LogP contribution in [-0.2, 0) is 0 Å². The fourth-order valence-corrected chi connectivity index (χ4v) is 0.303. The van der Waals surface area contributed by atoms with E-state index in [1.807, 2.05) is 0 Å². The third kappa shape index (κ3) is 3.79. The van der Waals surface area contributed by atoms with Crippen LogP contribution in [0.1, 0.15) is 0 Å². The van der Waals surface area contributed by atoms with Gasteiger partial charge in [-0.15, -0.1) is 0 Å². The van der Waals surface area contributed by atoms with Gasteiger partial charge in [0, 0.05) is 0 Å². The smallest absolute Gasteiger partial charge is 0.0139 e. The van der Waals surface area contributed by atoms with Crippen LogP contribution in [0, 0.1) is 0 Å². The van der Waals surface area contributed by atoms with Gasteiger partial charge >= 0.3 is 0 Å². The van der Waals surface area contributed by atoms with Gasteiger partial charge < -0.3 is 0 Å². The fourth-order valence-electron chi connectivity index (χ4n) is 0.101. The Morgan fingerprint density at radius 1 is 1.67 bits per heavy atom. The monoisotopic (exact) mass is 101 g/mol. The van der Waals surface area contributed by atoms with E-state index < -0.39 is 0 Å². The van der Waals surface area contributed by atoms with Crippen molar-refractivity contribution in [3.63, 3.8) is 0 Å². The molecule has 0 aliphatic heterocycles. The maximum Gasteiger partial charge on any atom is -0.0139 e. The average Bonchev–Trinajstić information content (AvgIpc) is 1.61. The molecule has 0 heterocycles. The van der Waals surface area contributed by atoms with Crippen molar-refractivity contribution >= 4 is 11.9 Å². The predicted molar refractivity (Wildman–Crippen MR) is 31.1 cm³/mol. The van der Waals surface area contributed by atoms with Crippen LogP contribution in [0.3, 0.4) is 0 Å². The van der Waals surface area contributed by atoms with Gasteiger partial charge in [-0.2, -0.15) is 0 Å². The zero-order valence-corrected chi connectivity index (χ0v) is 4.24. The van der Waals surface area contributed by atoms with Crippen LogP contribution in [0.4, 0.5) is 0 Å². The summed E-state index contributed by atoms with van der Waals surface area (Å²) >= 11 is 1.17. The fraction of sp³-hybridized carbons (Fsp3) is 0. The van der Waals surface area contributed by atoms with Crippen molar-refractivity contribution in [2.45, 2.75) is 0 Å². The van der Waals surface area contributed by atoms with Crippen molar-refractivity contribution in [3.05, 3.63) is 24.1 Å². The molecule has 2 N–H and O–H groups in total. The Hall–Kier alpha value is -0.210. The number of nitrogens with two attached hydrogens (primary N) is 1. The van der Waals surface area contributed by atoms with Crippen molar-refractivity contribution in [2.24, 2.45) is 5.14 Å². The highest BCUT2D eigenvalue weighted by Gasteiger charge is 1.54. The lowest BCUT2D eigenvalue weighted by Crippen LogP contribution is -1.65. The van der Waals surface area contributed by atoms with E-state index in [4.69, 9.17) is 5.14 Å². The second-order valence-electron chi connectivity index (χ2n) is 0.700. The molecule has 0 amide bonds. The van der Waals surface area contributed by atoms with E-state index in [1.54, 1.807) is 17.6 Å². The summed E-state index contributed by atoms with van der Waals surface area (Å²) in [5, 5.41) is 6.75. The van der Waals surface area contributed by atoms with Crippen LogP contribution in [0.5, 0.6) is 0 Å². The zero-order chi connectivity index (χ0) is 4.83. The minimum atomic E-state index is 1.17. The van der Waals surface area contributed by atoms with Crippen LogP contribution in [0.2, 0.25) is 0 Å². The molecule has 0 unspecified atom stereocenters. The normalized spacial score (nSPS) is 9.50.